The van der Waals surface area contributed by atoms with Gasteiger partial charge >= 0.3 is 6.18 Å². The number of aromatic hydroxyl groups is 1. The number of hydrogen-bond donors (Lipinski definition) is 1. The standard InChI is InChI=1S/C14H6ClF4NO/c15-9-3-8(4-10(16)5-9)11-1-7(6-20)2-12(13(11)21)14(17,18)19/h1-5,21H. The van der Waals surface area contributed by atoms with Crippen LogP contribution in [0.5, 0.6) is 5.75 Å². The minimum absolute atomic E-state index is 0.0414. The molecular formula is C14H6ClF4NO. The van der Waals surface area contributed by atoms with Crippen molar-refractivity contribution in [2.75, 3.05) is 0 Å². The molecule has 0 aliphatic rings. The van der Waals surface area contributed by atoms with Crippen LogP contribution < -0.4 is 0 Å². The Bertz CT molecular complexity index is 730. The zero-order chi connectivity index (χ0) is 15.8. The van der Waals surface area contributed by atoms with Crippen molar-refractivity contribution in [3.8, 4) is 22.9 Å². The summed E-state index contributed by atoms with van der Waals surface area (Å²) in [6.45, 7) is 0. The molecule has 0 spiro atoms. The molecule has 0 saturated carbocycles. The number of phenols is 1. The van der Waals surface area contributed by atoms with E-state index in [2.05, 4.69) is 0 Å². The van der Waals surface area contributed by atoms with Crippen molar-refractivity contribution in [2.24, 2.45) is 0 Å². The molecule has 108 valence electrons. The maximum atomic E-state index is 13.3. The summed E-state index contributed by atoms with van der Waals surface area (Å²) in [4.78, 5) is 0. The Hall–Kier alpha value is -2.26. The molecule has 0 radical (unpaired) electrons. The Labute approximate surface area is 121 Å². The van der Waals surface area contributed by atoms with Crippen molar-refractivity contribution in [3.05, 3.63) is 52.3 Å². The van der Waals surface area contributed by atoms with Gasteiger partial charge in [0.2, 0.25) is 0 Å². The van der Waals surface area contributed by atoms with Crippen molar-refractivity contribution in [1.82, 2.24) is 0 Å². The van der Waals surface area contributed by atoms with Crippen LogP contribution in [0.2, 0.25) is 5.02 Å². The van der Waals surface area contributed by atoms with Gasteiger partial charge in [-0.25, -0.2) is 4.39 Å². The van der Waals surface area contributed by atoms with Gasteiger partial charge < -0.3 is 5.11 Å². The number of phenolic OH excluding ortho intramolecular Hbond substituents is 1. The Balaban J connectivity index is 2.77. The fourth-order valence-electron chi connectivity index (χ4n) is 1.84. The van der Waals surface area contributed by atoms with Crippen LogP contribution in [0.25, 0.3) is 11.1 Å². The van der Waals surface area contributed by atoms with Crippen molar-refractivity contribution in [1.29, 1.82) is 5.26 Å². The second-order valence-electron chi connectivity index (χ2n) is 4.19. The first-order valence-electron chi connectivity index (χ1n) is 5.53. The summed E-state index contributed by atoms with van der Waals surface area (Å²) in [5.74, 6) is -1.85. The summed E-state index contributed by atoms with van der Waals surface area (Å²) in [7, 11) is 0. The largest absolute Gasteiger partial charge is 0.507 e. The van der Waals surface area contributed by atoms with Gasteiger partial charge in [0.25, 0.3) is 0 Å². The number of nitrogens with zero attached hydrogens (tertiary/aromatic N) is 1. The van der Waals surface area contributed by atoms with Gasteiger partial charge in [0, 0.05) is 10.6 Å². The SMILES string of the molecule is N#Cc1cc(-c2cc(F)cc(Cl)c2)c(O)c(C(F)(F)F)c1. The topological polar surface area (TPSA) is 44.0 Å². The van der Waals surface area contributed by atoms with Crippen molar-refractivity contribution < 1.29 is 22.7 Å². The van der Waals surface area contributed by atoms with Gasteiger partial charge in [0.1, 0.15) is 11.6 Å². The van der Waals surface area contributed by atoms with E-state index in [1.807, 2.05) is 0 Å². The highest BCUT2D eigenvalue weighted by Gasteiger charge is 2.35. The molecule has 0 amide bonds. The van der Waals surface area contributed by atoms with E-state index in [0.717, 1.165) is 18.2 Å². The summed E-state index contributed by atoms with van der Waals surface area (Å²) in [6.07, 6.45) is -4.84. The third-order valence-electron chi connectivity index (χ3n) is 2.72. The molecule has 2 nitrogen and oxygen atoms in total. The lowest BCUT2D eigenvalue weighted by molar-refractivity contribution is -0.138. The molecule has 2 aromatic rings. The van der Waals surface area contributed by atoms with Gasteiger partial charge in [-0.2, -0.15) is 18.4 Å². The molecule has 2 aromatic carbocycles. The number of rotatable bonds is 1. The van der Waals surface area contributed by atoms with Crippen LogP contribution in [-0.4, -0.2) is 5.11 Å². The zero-order valence-corrected chi connectivity index (χ0v) is 10.9. The summed E-state index contributed by atoms with van der Waals surface area (Å²) in [6, 6.07) is 6.22. The summed E-state index contributed by atoms with van der Waals surface area (Å²) in [5.41, 5.74) is -2.05. The Kier molecular flexibility index (Phi) is 3.79. The highest BCUT2D eigenvalue weighted by atomic mass is 35.5. The lowest BCUT2D eigenvalue weighted by Crippen LogP contribution is -2.06. The molecule has 0 aliphatic carbocycles. The first kappa shape index (κ1) is 15.1. The molecule has 0 saturated heterocycles. The van der Waals surface area contributed by atoms with E-state index < -0.39 is 23.3 Å². The van der Waals surface area contributed by atoms with Crippen LogP contribution in [0, 0.1) is 17.1 Å². The normalized spacial score (nSPS) is 11.2. The quantitative estimate of drug-likeness (QED) is 0.772. The number of hydrogen-bond acceptors (Lipinski definition) is 2. The van der Waals surface area contributed by atoms with Crippen LogP contribution in [0.1, 0.15) is 11.1 Å². The molecule has 0 unspecified atom stereocenters. The molecule has 0 heterocycles. The predicted octanol–water partition coefficient (Wildman–Crippen LogP) is 4.74. The fourth-order valence-corrected chi connectivity index (χ4v) is 2.07. The predicted molar refractivity (Wildman–Crippen MR) is 68.2 cm³/mol. The average Bonchev–Trinajstić information content (AvgIpc) is 2.36. The maximum absolute atomic E-state index is 13.3. The Morgan fingerprint density at radius 3 is 2.29 bits per heavy atom. The minimum atomic E-state index is -4.84. The van der Waals surface area contributed by atoms with Gasteiger partial charge in [-0.05, 0) is 35.9 Å². The molecule has 0 atom stereocenters. The number of benzene rings is 2. The van der Waals surface area contributed by atoms with Crippen LogP contribution >= 0.6 is 11.6 Å². The van der Waals surface area contributed by atoms with Gasteiger partial charge in [-0.1, -0.05) is 11.6 Å². The summed E-state index contributed by atoms with van der Waals surface area (Å²) >= 11 is 5.65. The van der Waals surface area contributed by atoms with Crippen LogP contribution in [-0.2, 0) is 6.18 Å². The zero-order valence-electron chi connectivity index (χ0n) is 10.2. The van der Waals surface area contributed by atoms with E-state index in [4.69, 9.17) is 16.9 Å². The first-order valence-corrected chi connectivity index (χ1v) is 5.91. The second-order valence-corrected chi connectivity index (χ2v) is 4.62. The molecule has 0 bridgehead atoms. The van der Waals surface area contributed by atoms with E-state index in [1.165, 1.54) is 6.07 Å². The van der Waals surface area contributed by atoms with Crippen LogP contribution in [0.4, 0.5) is 17.6 Å². The molecule has 0 fully saturated rings. The van der Waals surface area contributed by atoms with E-state index in [1.54, 1.807) is 6.07 Å². The van der Waals surface area contributed by atoms with Crippen molar-refractivity contribution in [3.63, 3.8) is 0 Å². The summed E-state index contributed by atoms with van der Waals surface area (Å²) in [5, 5.41) is 18.5. The lowest BCUT2D eigenvalue weighted by Gasteiger charge is -2.13. The molecule has 21 heavy (non-hydrogen) atoms. The van der Waals surface area contributed by atoms with Gasteiger partial charge in [0.15, 0.2) is 0 Å². The minimum Gasteiger partial charge on any atom is -0.507 e. The number of nitriles is 1. The third kappa shape index (κ3) is 3.09. The van der Waals surface area contributed by atoms with E-state index >= 15 is 0 Å². The van der Waals surface area contributed by atoms with Crippen molar-refractivity contribution in [2.45, 2.75) is 6.18 Å². The third-order valence-corrected chi connectivity index (χ3v) is 2.94. The highest BCUT2D eigenvalue weighted by Crippen LogP contribution is 2.42. The monoisotopic (exact) mass is 315 g/mol. The van der Waals surface area contributed by atoms with E-state index in [9.17, 15) is 22.7 Å². The van der Waals surface area contributed by atoms with Crippen LogP contribution in [0.3, 0.4) is 0 Å². The summed E-state index contributed by atoms with van der Waals surface area (Å²) < 4.78 is 51.9. The molecule has 1 N–H and O–H groups in total. The fraction of sp³-hybridized carbons (Fsp3) is 0.0714. The maximum Gasteiger partial charge on any atom is 0.420 e. The van der Waals surface area contributed by atoms with Gasteiger partial charge in [-0.3, -0.25) is 0 Å². The van der Waals surface area contributed by atoms with E-state index in [-0.39, 0.29) is 21.7 Å². The smallest absolute Gasteiger partial charge is 0.420 e. The first-order chi connectivity index (χ1) is 9.72. The number of alkyl halides is 3. The molecule has 2 rings (SSSR count). The number of halogens is 5. The average molecular weight is 316 g/mol. The second kappa shape index (κ2) is 5.26. The molecule has 0 aromatic heterocycles. The van der Waals surface area contributed by atoms with E-state index in [0.29, 0.717) is 6.07 Å². The molecule has 7 heteroatoms. The Morgan fingerprint density at radius 2 is 1.76 bits per heavy atom. The molecule has 0 aliphatic heterocycles. The Morgan fingerprint density at radius 1 is 1.10 bits per heavy atom. The van der Waals surface area contributed by atoms with Crippen molar-refractivity contribution >= 4 is 11.6 Å². The van der Waals surface area contributed by atoms with Gasteiger partial charge in [-0.15, -0.1) is 0 Å². The molecular weight excluding hydrogens is 310 g/mol. The highest BCUT2D eigenvalue weighted by molar-refractivity contribution is 6.30. The van der Waals surface area contributed by atoms with Gasteiger partial charge in [0.05, 0.1) is 17.2 Å². The lowest BCUT2D eigenvalue weighted by atomic mass is 9.98. The van der Waals surface area contributed by atoms with Crippen LogP contribution in [0.15, 0.2) is 30.3 Å².